The smallest absolute Gasteiger partial charge is 0.254 e. The standard InChI is InChI=1S/C9H13N3O.ClH/c1-6-3-8(5-10-4-6)9-11-7(2)12-13-9;/h3,6,10H,4-5H2,1-2H3;1H. The normalized spacial score (nSPS) is 21.3. The Balaban J connectivity index is 0.000000980. The Bertz CT molecular complexity index is 335. The van der Waals surface area contributed by atoms with E-state index in [2.05, 4.69) is 28.5 Å². The third-order valence-corrected chi connectivity index (χ3v) is 2.07. The highest BCUT2D eigenvalue weighted by Crippen LogP contribution is 2.16. The highest BCUT2D eigenvalue weighted by molar-refractivity contribution is 5.85. The molecule has 5 heteroatoms. The minimum atomic E-state index is 0. The van der Waals surface area contributed by atoms with E-state index in [1.807, 2.05) is 6.92 Å². The number of rotatable bonds is 1. The number of hydrogen-bond donors (Lipinski definition) is 1. The number of halogens is 1. The van der Waals surface area contributed by atoms with Crippen LogP contribution in [-0.4, -0.2) is 23.2 Å². The van der Waals surface area contributed by atoms with E-state index in [9.17, 15) is 0 Å². The number of aromatic nitrogens is 2. The molecule has 1 atom stereocenters. The van der Waals surface area contributed by atoms with E-state index in [-0.39, 0.29) is 12.4 Å². The SMILES string of the molecule is Cc1noc(C2=CC(C)CNC2)n1.Cl. The molecule has 1 unspecified atom stereocenters. The number of nitrogens with one attached hydrogen (secondary N) is 1. The van der Waals surface area contributed by atoms with E-state index in [1.165, 1.54) is 0 Å². The second-order valence-electron chi connectivity index (χ2n) is 3.45. The van der Waals surface area contributed by atoms with Gasteiger partial charge < -0.3 is 9.84 Å². The Hall–Kier alpha value is -0.870. The van der Waals surface area contributed by atoms with Gasteiger partial charge in [0.05, 0.1) is 0 Å². The summed E-state index contributed by atoms with van der Waals surface area (Å²) in [5.74, 6) is 1.88. The third kappa shape index (κ3) is 2.33. The first-order valence-corrected chi connectivity index (χ1v) is 4.48. The number of nitrogens with zero attached hydrogens (tertiary/aromatic N) is 2. The molecule has 2 heterocycles. The van der Waals surface area contributed by atoms with Gasteiger partial charge in [-0.05, 0) is 12.8 Å². The zero-order chi connectivity index (χ0) is 9.26. The van der Waals surface area contributed by atoms with E-state index in [1.54, 1.807) is 0 Å². The van der Waals surface area contributed by atoms with Crippen molar-refractivity contribution in [1.82, 2.24) is 15.5 Å². The van der Waals surface area contributed by atoms with Gasteiger partial charge in [-0.15, -0.1) is 12.4 Å². The van der Waals surface area contributed by atoms with Crippen LogP contribution < -0.4 is 5.32 Å². The Morgan fingerprint density at radius 3 is 2.93 bits per heavy atom. The molecule has 0 saturated carbocycles. The van der Waals surface area contributed by atoms with Crippen molar-refractivity contribution in [2.75, 3.05) is 13.1 Å². The van der Waals surface area contributed by atoms with Gasteiger partial charge in [-0.25, -0.2) is 0 Å². The van der Waals surface area contributed by atoms with Crippen LogP contribution in [0, 0.1) is 12.8 Å². The molecule has 1 aromatic heterocycles. The topological polar surface area (TPSA) is 51.0 Å². The van der Waals surface area contributed by atoms with Gasteiger partial charge in [0.1, 0.15) is 0 Å². The maximum absolute atomic E-state index is 5.08. The first-order chi connectivity index (χ1) is 6.25. The van der Waals surface area contributed by atoms with E-state index in [4.69, 9.17) is 4.52 Å². The summed E-state index contributed by atoms with van der Waals surface area (Å²) in [6.45, 7) is 5.84. The van der Waals surface area contributed by atoms with Gasteiger partial charge in [-0.1, -0.05) is 18.2 Å². The third-order valence-electron chi connectivity index (χ3n) is 2.07. The number of aryl methyl sites for hydroxylation is 1. The van der Waals surface area contributed by atoms with Crippen LogP contribution in [0.3, 0.4) is 0 Å². The lowest BCUT2D eigenvalue weighted by atomic mass is 10.0. The fourth-order valence-electron chi connectivity index (χ4n) is 1.47. The molecule has 14 heavy (non-hydrogen) atoms. The Morgan fingerprint density at radius 1 is 1.57 bits per heavy atom. The van der Waals surface area contributed by atoms with Crippen molar-refractivity contribution in [3.8, 4) is 0 Å². The first kappa shape index (κ1) is 11.2. The summed E-state index contributed by atoms with van der Waals surface area (Å²) in [4.78, 5) is 4.18. The molecule has 0 radical (unpaired) electrons. The fraction of sp³-hybridized carbons (Fsp3) is 0.556. The second kappa shape index (κ2) is 4.57. The summed E-state index contributed by atoms with van der Waals surface area (Å²) >= 11 is 0. The van der Waals surface area contributed by atoms with Crippen molar-refractivity contribution < 1.29 is 4.52 Å². The van der Waals surface area contributed by atoms with Crippen LogP contribution in [0.15, 0.2) is 10.6 Å². The zero-order valence-corrected chi connectivity index (χ0v) is 9.10. The Labute approximate surface area is 89.2 Å². The lowest BCUT2D eigenvalue weighted by Crippen LogP contribution is -2.27. The molecule has 0 spiro atoms. The highest BCUT2D eigenvalue weighted by atomic mass is 35.5. The summed E-state index contributed by atoms with van der Waals surface area (Å²) in [6, 6.07) is 0. The molecule has 1 aromatic rings. The van der Waals surface area contributed by atoms with Crippen molar-refractivity contribution in [3.05, 3.63) is 17.8 Å². The van der Waals surface area contributed by atoms with E-state index in [0.29, 0.717) is 17.6 Å². The molecule has 0 aliphatic carbocycles. The van der Waals surface area contributed by atoms with Crippen molar-refractivity contribution in [1.29, 1.82) is 0 Å². The van der Waals surface area contributed by atoms with Crippen molar-refractivity contribution >= 4 is 18.0 Å². The van der Waals surface area contributed by atoms with Crippen LogP contribution >= 0.6 is 12.4 Å². The highest BCUT2D eigenvalue weighted by Gasteiger charge is 2.14. The lowest BCUT2D eigenvalue weighted by Gasteiger charge is -2.16. The molecule has 1 aliphatic rings. The van der Waals surface area contributed by atoms with Crippen LogP contribution in [0.5, 0.6) is 0 Å². The molecule has 1 aliphatic heterocycles. The monoisotopic (exact) mass is 215 g/mol. The second-order valence-corrected chi connectivity index (χ2v) is 3.45. The zero-order valence-electron chi connectivity index (χ0n) is 8.28. The largest absolute Gasteiger partial charge is 0.334 e. The predicted octanol–water partition coefficient (Wildman–Crippen LogP) is 1.42. The van der Waals surface area contributed by atoms with Gasteiger partial charge in [0.25, 0.3) is 5.89 Å². The molecular formula is C9H14ClN3O. The Morgan fingerprint density at radius 2 is 2.36 bits per heavy atom. The van der Waals surface area contributed by atoms with Gasteiger partial charge >= 0.3 is 0 Å². The first-order valence-electron chi connectivity index (χ1n) is 4.48. The van der Waals surface area contributed by atoms with Crippen LogP contribution in [0.4, 0.5) is 0 Å². The fourth-order valence-corrected chi connectivity index (χ4v) is 1.47. The maximum atomic E-state index is 5.08. The molecule has 4 nitrogen and oxygen atoms in total. The van der Waals surface area contributed by atoms with Crippen molar-refractivity contribution in [2.45, 2.75) is 13.8 Å². The van der Waals surface area contributed by atoms with E-state index in [0.717, 1.165) is 18.7 Å². The summed E-state index contributed by atoms with van der Waals surface area (Å²) in [7, 11) is 0. The van der Waals surface area contributed by atoms with E-state index >= 15 is 0 Å². The van der Waals surface area contributed by atoms with Gasteiger partial charge in [0.15, 0.2) is 5.82 Å². The van der Waals surface area contributed by atoms with Crippen LogP contribution in [-0.2, 0) is 0 Å². The minimum Gasteiger partial charge on any atom is -0.334 e. The summed E-state index contributed by atoms with van der Waals surface area (Å²) in [6.07, 6.45) is 2.18. The average Bonchev–Trinajstić information content (AvgIpc) is 2.52. The molecule has 2 rings (SSSR count). The summed E-state index contributed by atoms with van der Waals surface area (Å²) in [5, 5.41) is 7.06. The van der Waals surface area contributed by atoms with Gasteiger partial charge in [0.2, 0.25) is 0 Å². The minimum absolute atomic E-state index is 0. The Kier molecular flexibility index (Phi) is 3.66. The summed E-state index contributed by atoms with van der Waals surface area (Å²) < 4.78 is 5.08. The van der Waals surface area contributed by atoms with Gasteiger partial charge in [-0.2, -0.15) is 4.98 Å². The molecule has 0 fully saturated rings. The van der Waals surface area contributed by atoms with Crippen LogP contribution in [0.25, 0.3) is 5.57 Å². The number of hydrogen-bond acceptors (Lipinski definition) is 4. The van der Waals surface area contributed by atoms with Gasteiger partial charge in [0, 0.05) is 18.7 Å². The van der Waals surface area contributed by atoms with Crippen molar-refractivity contribution in [2.24, 2.45) is 5.92 Å². The molecule has 78 valence electrons. The molecule has 0 amide bonds. The quantitative estimate of drug-likeness (QED) is 0.770. The average molecular weight is 216 g/mol. The van der Waals surface area contributed by atoms with Crippen LogP contribution in [0.1, 0.15) is 18.6 Å². The molecule has 0 bridgehead atoms. The van der Waals surface area contributed by atoms with Gasteiger partial charge in [-0.3, -0.25) is 0 Å². The molecule has 0 saturated heterocycles. The lowest BCUT2D eigenvalue weighted by molar-refractivity contribution is 0.399. The maximum Gasteiger partial charge on any atom is 0.254 e. The predicted molar refractivity (Wildman–Crippen MR) is 56.3 cm³/mol. The molecule has 1 N–H and O–H groups in total. The summed E-state index contributed by atoms with van der Waals surface area (Å²) in [5.41, 5.74) is 1.11. The molecular weight excluding hydrogens is 202 g/mol. The molecule has 0 aromatic carbocycles. The van der Waals surface area contributed by atoms with Crippen LogP contribution in [0.2, 0.25) is 0 Å². The van der Waals surface area contributed by atoms with Crippen molar-refractivity contribution in [3.63, 3.8) is 0 Å². The van der Waals surface area contributed by atoms with E-state index < -0.39 is 0 Å².